The summed E-state index contributed by atoms with van der Waals surface area (Å²) in [6.07, 6.45) is 1.40. The van der Waals surface area contributed by atoms with E-state index in [9.17, 15) is 4.79 Å². The Kier molecular flexibility index (Phi) is 5.29. The Morgan fingerprint density at radius 2 is 1.61 bits per heavy atom. The summed E-state index contributed by atoms with van der Waals surface area (Å²) in [7, 11) is 0. The van der Waals surface area contributed by atoms with Crippen molar-refractivity contribution in [2.75, 3.05) is 6.54 Å². The number of fused-ring (bicyclic) bond motifs is 1. The molecule has 0 aliphatic carbocycles. The van der Waals surface area contributed by atoms with Crippen molar-refractivity contribution in [3.8, 4) is 0 Å². The molecule has 0 saturated carbocycles. The maximum Gasteiger partial charge on any atom is 0.246 e. The Morgan fingerprint density at radius 1 is 0.964 bits per heavy atom. The van der Waals surface area contributed by atoms with Gasteiger partial charge in [-0.15, -0.1) is 11.8 Å². The molecule has 1 heterocycles. The second-order valence-electron chi connectivity index (χ2n) is 6.81. The number of rotatable bonds is 3. The van der Waals surface area contributed by atoms with E-state index in [1.807, 2.05) is 41.3 Å². The number of amides is 1. The van der Waals surface area contributed by atoms with E-state index >= 15 is 0 Å². The molecule has 0 radical (unpaired) electrons. The summed E-state index contributed by atoms with van der Waals surface area (Å²) in [5, 5.41) is 0.699. The second kappa shape index (κ2) is 7.86. The van der Waals surface area contributed by atoms with Gasteiger partial charge in [0.25, 0.3) is 0 Å². The molecule has 0 fully saturated rings. The molecular formula is C24H20ClNOS. The molecule has 28 heavy (non-hydrogen) atoms. The fourth-order valence-electron chi connectivity index (χ4n) is 3.66. The summed E-state index contributed by atoms with van der Waals surface area (Å²) in [5.41, 5.74) is 3.42. The molecule has 3 aromatic carbocycles. The van der Waals surface area contributed by atoms with Crippen LogP contribution >= 0.6 is 23.4 Å². The summed E-state index contributed by atoms with van der Waals surface area (Å²) in [6.45, 7) is 4.82. The van der Waals surface area contributed by atoms with Gasteiger partial charge < -0.3 is 4.90 Å². The van der Waals surface area contributed by atoms with Crippen molar-refractivity contribution < 1.29 is 4.79 Å². The van der Waals surface area contributed by atoms with E-state index in [1.165, 1.54) is 11.0 Å². The van der Waals surface area contributed by atoms with Crippen molar-refractivity contribution in [1.82, 2.24) is 4.90 Å². The topological polar surface area (TPSA) is 20.3 Å². The fourth-order valence-corrected chi connectivity index (χ4v) is 5.30. The van der Waals surface area contributed by atoms with Gasteiger partial charge in [0.2, 0.25) is 5.91 Å². The van der Waals surface area contributed by atoms with E-state index in [0.29, 0.717) is 18.1 Å². The minimum Gasteiger partial charge on any atom is -0.333 e. The van der Waals surface area contributed by atoms with Gasteiger partial charge >= 0.3 is 0 Å². The largest absolute Gasteiger partial charge is 0.333 e. The number of benzene rings is 3. The first-order valence-corrected chi connectivity index (χ1v) is 10.3. The molecule has 0 N–H and O–H groups in total. The van der Waals surface area contributed by atoms with Gasteiger partial charge in [0.15, 0.2) is 0 Å². The quantitative estimate of drug-likeness (QED) is 0.505. The molecule has 0 bridgehead atoms. The standard InChI is InChI=1S/C24H20ClNOS/c1-2-23(27)26-16-18-8-6-7-11-22(18)28-24(17-26,19-9-4-3-5-10-19)20-12-14-21(25)15-13-20/h2-15H,1,16-17H2. The van der Waals surface area contributed by atoms with Gasteiger partial charge in [0.1, 0.15) is 0 Å². The van der Waals surface area contributed by atoms with Gasteiger partial charge in [-0.25, -0.2) is 0 Å². The van der Waals surface area contributed by atoms with Crippen molar-refractivity contribution in [3.05, 3.63) is 113 Å². The van der Waals surface area contributed by atoms with E-state index in [-0.39, 0.29) is 5.91 Å². The summed E-state index contributed by atoms with van der Waals surface area (Å²) in [5.74, 6) is -0.0634. The average molecular weight is 406 g/mol. The Labute approximate surface area is 174 Å². The average Bonchev–Trinajstić information content (AvgIpc) is 2.92. The minimum absolute atomic E-state index is 0.0634. The van der Waals surface area contributed by atoms with E-state index in [2.05, 4.69) is 49.0 Å². The molecule has 2 nitrogen and oxygen atoms in total. The van der Waals surface area contributed by atoms with Gasteiger partial charge in [0, 0.05) is 23.0 Å². The predicted octanol–water partition coefficient (Wildman–Crippen LogP) is 5.90. The molecule has 140 valence electrons. The van der Waals surface area contributed by atoms with E-state index in [4.69, 9.17) is 11.6 Å². The number of nitrogens with zero attached hydrogens (tertiary/aromatic N) is 1. The van der Waals surface area contributed by atoms with Gasteiger partial charge in [-0.3, -0.25) is 4.79 Å². The van der Waals surface area contributed by atoms with E-state index in [1.54, 1.807) is 11.8 Å². The zero-order chi connectivity index (χ0) is 19.6. The van der Waals surface area contributed by atoms with Crippen LogP contribution in [0.25, 0.3) is 0 Å². The van der Waals surface area contributed by atoms with Gasteiger partial charge in [-0.05, 0) is 41.0 Å². The molecule has 0 aromatic heterocycles. The van der Waals surface area contributed by atoms with Crippen LogP contribution in [-0.2, 0) is 16.1 Å². The third-order valence-electron chi connectivity index (χ3n) is 5.07. The highest BCUT2D eigenvalue weighted by Gasteiger charge is 2.41. The molecule has 1 atom stereocenters. The van der Waals surface area contributed by atoms with Crippen LogP contribution < -0.4 is 0 Å². The molecule has 1 aliphatic heterocycles. The Morgan fingerprint density at radius 3 is 2.32 bits per heavy atom. The van der Waals surface area contributed by atoms with Crippen LogP contribution in [0.2, 0.25) is 5.02 Å². The molecule has 3 aromatic rings. The molecule has 1 unspecified atom stereocenters. The molecule has 1 aliphatic rings. The Bertz CT molecular complexity index is 1000. The smallest absolute Gasteiger partial charge is 0.246 e. The summed E-state index contributed by atoms with van der Waals surface area (Å²) in [4.78, 5) is 15.8. The lowest BCUT2D eigenvalue weighted by molar-refractivity contribution is -0.126. The van der Waals surface area contributed by atoms with Gasteiger partial charge in [0.05, 0.1) is 4.75 Å². The van der Waals surface area contributed by atoms with Crippen LogP contribution in [0.3, 0.4) is 0 Å². The molecule has 0 spiro atoms. The zero-order valence-corrected chi connectivity index (χ0v) is 16.9. The van der Waals surface area contributed by atoms with Crippen molar-refractivity contribution in [1.29, 1.82) is 0 Å². The van der Waals surface area contributed by atoms with Gasteiger partial charge in [-0.2, -0.15) is 0 Å². The summed E-state index contributed by atoms with van der Waals surface area (Å²) in [6, 6.07) is 26.6. The fraction of sp³-hybridized carbons (Fsp3) is 0.125. The first-order chi connectivity index (χ1) is 13.6. The second-order valence-corrected chi connectivity index (χ2v) is 8.59. The van der Waals surface area contributed by atoms with Crippen LogP contribution in [0.4, 0.5) is 0 Å². The molecule has 0 saturated heterocycles. The minimum atomic E-state index is -0.447. The third-order valence-corrected chi connectivity index (χ3v) is 6.89. The normalized spacial score (nSPS) is 18.8. The van der Waals surface area contributed by atoms with E-state index < -0.39 is 4.75 Å². The zero-order valence-electron chi connectivity index (χ0n) is 15.3. The highest BCUT2D eigenvalue weighted by atomic mass is 35.5. The van der Waals surface area contributed by atoms with Crippen molar-refractivity contribution in [2.24, 2.45) is 0 Å². The molecular weight excluding hydrogens is 386 g/mol. The number of carbonyl (C=O) groups is 1. The number of hydrogen-bond acceptors (Lipinski definition) is 2. The monoisotopic (exact) mass is 405 g/mol. The number of carbonyl (C=O) groups excluding carboxylic acids is 1. The van der Waals surface area contributed by atoms with Crippen LogP contribution in [0.15, 0.2) is 96.4 Å². The molecule has 1 amide bonds. The van der Waals surface area contributed by atoms with Crippen LogP contribution in [0, 0.1) is 0 Å². The molecule has 4 rings (SSSR count). The lowest BCUT2D eigenvalue weighted by atomic mass is 9.89. The SMILES string of the molecule is C=CC(=O)N1Cc2ccccc2SC(c2ccccc2)(c2ccc(Cl)cc2)C1. The summed E-state index contributed by atoms with van der Waals surface area (Å²) >= 11 is 7.97. The maximum absolute atomic E-state index is 12.7. The van der Waals surface area contributed by atoms with Crippen molar-refractivity contribution >= 4 is 29.3 Å². The van der Waals surface area contributed by atoms with Gasteiger partial charge in [-0.1, -0.05) is 78.8 Å². The number of thioether (sulfide) groups is 1. The lowest BCUT2D eigenvalue weighted by Gasteiger charge is -2.36. The maximum atomic E-state index is 12.7. The predicted molar refractivity (Wildman–Crippen MR) is 117 cm³/mol. The van der Waals surface area contributed by atoms with Crippen molar-refractivity contribution in [3.63, 3.8) is 0 Å². The van der Waals surface area contributed by atoms with E-state index in [0.717, 1.165) is 16.7 Å². The Balaban J connectivity index is 1.96. The highest BCUT2D eigenvalue weighted by Crippen LogP contribution is 2.50. The summed E-state index contributed by atoms with van der Waals surface area (Å²) < 4.78 is -0.447. The highest BCUT2D eigenvalue weighted by molar-refractivity contribution is 8.00. The van der Waals surface area contributed by atoms with Crippen molar-refractivity contribution in [2.45, 2.75) is 16.2 Å². The van der Waals surface area contributed by atoms with Crippen LogP contribution in [0.1, 0.15) is 16.7 Å². The third kappa shape index (κ3) is 3.48. The van der Waals surface area contributed by atoms with Crippen LogP contribution in [-0.4, -0.2) is 17.4 Å². The number of halogens is 1. The molecule has 4 heteroatoms. The number of hydrogen-bond donors (Lipinski definition) is 0. The van der Waals surface area contributed by atoms with Crippen LogP contribution in [0.5, 0.6) is 0 Å². The first-order valence-electron chi connectivity index (χ1n) is 9.12. The lowest BCUT2D eigenvalue weighted by Crippen LogP contribution is -2.40. The first kappa shape index (κ1) is 18.9. The Hall–Kier alpha value is -2.49.